The number of nitro benzene ring substituents is 1. The van der Waals surface area contributed by atoms with Gasteiger partial charge in [0.1, 0.15) is 0 Å². The van der Waals surface area contributed by atoms with Crippen molar-refractivity contribution in [3.63, 3.8) is 0 Å². The first-order valence-corrected chi connectivity index (χ1v) is 9.16. The number of nitrogens with one attached hydrogen (secondary N) is 1. The lowest BCUT2D eigenvalue weighted by atomic mass is 10.1. The lowest BCUT2D eigenvalue weighted by Crippen LogP contribution is -2.10. The largest absolute Gasteiger partial charge is 0.319 e. The van der Waals surface area contributed by atoms with Crippen LogP contribution in [-0.4, -0.2) is 20.6 Å². The number of benzene rings is 2. The number of hydrogen-bond donors (Lipinski definition) is 1. The summed E-state index contributed by atoms with van der Waals surface area (Å²) in [5, 5.41) is 18.3. The standard InChI is InChI=1S/C22H22N4O3/c1-15-6-4-8-19(12-15)14-25-17(3)22(16(2)24-25)23-21(27)11-10-18-7-5-9-20(13-18)26(28)29/h4-13H,14H2,1-3H3,(H,23,27)/b11-10+. The highest BCUT2D eigenvalue weighted by Gasteiger charge is 2.13. The van der Waals surface area contributed by atoms with Crippen molar-refractivity contribution in [3.05, 3.63) is 92.8 Å². The Balaban J connectivity index is 1.73. The van der Waals surface area contributed by atoms with Crippen LogP contribution in [0.5, 0.6) is 0 Å². The molecule has 29 heavy (non-hydrogen) atoms. The maximum atomic E-state index is 12.4. The van der Waals surface area contributed by atoms with Crippen LogP contribution in [0.1, 0.15) is 28.1 Å². The molecule has 0 bridgehead atoms. The highest BCUT2D eigenvalue weighted by Crippen LogP contribution is 2.21. The van der Waals surface area contributed by atoms with E-state index in [9.17, 15) is 14.9 Å². The molecule has 3 rings (SSSR count). The van der Waals surface area contributed by atoms with Crippen LogP contribution in [-0.2, 0) is 11.3 Å². The summed E-state index contributed by atoms with van der Waals surface area (Å²) in [7, 11) is 0. The predicted molar refractivity (Wildman–Crippen MR) is 113 cm³/mol. The van der Waals surface area contributed by atoms with Gasteiger partial charge in [0, 0.05) is 18.2 Å². The van der Waals surface area contributed by atoms with Gasteiger partial charge >= 0.3 is 0 Å². The van der Waals surface area contributed by atoms with Crippen LogP contribution >= 0.6 is 0 Å². The fourth-order valence-electron chi connectivity index (χ4n) is 3.09. The zero-order valence-electron chi connectivity index (χ0n) is 16.5. The van der Waals surface area contributed by atoms with Gasteiger partial charge in [-0.2, -0.15) is 5.10 Å². The van der Waals surface area contributed by atoms with E-state index in [1.165, 1.54) is 23.8 Å². The molecule has 0 unspecified atom stereocenters. The average molecular weight is 390 g/mol. The minimum atomic E-state index is -0.466. The Morgan fingerprint density at radius 2 is 1.93 bits per heavy atom. The normalized spacial score (nSPS) is 11.0. The molecule has 7 nitrogen and oxygen atoms in total. The molecular weight excluding hydrogens is 368 g/mol. The molecule has 1 amide bonds. The minimum Gasteiger partial charge on any atom is -0.319 e. The molecule has 0 saturated heterocycles. The van der Waals surface area contributed by atoms with Crippen molar-refractivity contribution < 1.29 is 9.72 Å². The summed E-state index contributed by atoms with van der Waals surface area (Å²) in [6.45, 7) is 6.42. The third kappa shape index (κ3) is 4.95. The fraction of sp³-hybridized carbons (Fsp3) is 0.182. The molecule has 2 aromatic carbocycles. The van der Waals surface area contributed by atoms with Crippen LogP contribution < -0.4 is 5.32 Å². The lowest BCUT2D eigenvalue weighted by Gasteiger charge is -2.07. The van der Waals surface area contributed by atoms with E-state index in [0.717, 1.165) is 17.0 Å². The molecule has 1 N–H and O–H groups in total. The summed E-state index contributed by atoms with van der Waals surface area (Å²) >= 11 is 0. The number of aromatic nitrogens is 2. The number of carbonyl (C=O) groups excluding carboxylic acids is 1. The van der Waals surface area contributed by atoms with Crippen LogP contribution in [0.3, 0.4) is 0 Å². The quantitative estimate of drug-likeness (QED) is 0.383. The molecular formula is C22H22N4O3. The maximum absolute atomic E-state index is 12.4. The van der Waals surface area contributed by atoms with Gasteiger partial charge in [0.25, 0.3) is 5.69 Å². The van der Waals surface area contributed by atoms with Crippen molar-refractivity contribution in [1.29, 1.82) is 0 Å². The second-order valence-electron chi connectivity index (χ2n) is 6.87. The fourth-order valence-corrected chi connectivity index (χ4v) is 3.09. The van der Waals surface area contributed by atoms with Gasteiger partial charge in [-0.3, -0.25) is 19.6 Å². The number of carbonyl (C=O) groups is 1. The van der Waals surface area contributed by atoms with Crippen LogP contribution in [0.2, 0.25) is 0 Å². The van der Waals surface area contributed by atoms with Gasteiger partial charge in [0.2, 0.25) is 5.91 Å². The Hall–Kier alpha value is -3.74. The highest BCUT2D eigenvalue weighted by atomic mass is 16.6. The number of hydrogen-bond acceptors (Lipinski definition) is 4. The zero-order chi connectivity index (χ0) is 21.0. The third-order valence-corrected chi connectivity index (χ3v) is 4.55. The van der Waals surface area contributed by atoms with Gasteiger partial charge in [-0.15, -0.1) is 0 Å². The van der Waals surface area contributed by atoms with E-state index in [2.05, 4.69) is 16.5 Å². The molecule has 0 spiro atoms. The van der Waals surface area contributed by atoms with Gasteiger partial charge in [0.15, 0.2) is 0 Å². The number of nitrogens with zero attached hydrogens (tertiary/aromatic N) is 3. The molecule has 0 radical (unpaired) electrons. The monoisotopic (exact) mass is 390 g/mol. The summed E-state index contributed by atoms with van der Waals surface area (Å²) in [5.74, 6) is -0.321. The molecule has 0 atom stereocenters. The number of anilines is 1. The minimum absolute atomic E-state index is 0.0170. The summed E-state index contributed by atoms with van der Waals surface area (Å²) in [5.41, 5.74) is 5.15. The van der Waals surface area contributed by atoms with Crippen LogP contribution in [0.25, 0.3) is 6.08 Å². The second-order valence-corrected chi connectivity index (χ2v) is 6.87. The van der Waals surface area contributed by atoms with E-state index in [1.807, 2.05) is 43.7 Å². The molecule has 1 aromatic heterocycles. The molecule has 7 heteroatoms. The lowest BCUT2D eigenvalue weighted by molar-refractivity contribution is -0.384. The molecule has 1 heterocycles. The Bertz CT molecular complexity index is 1100. The van der Waals surface area contributed by atoms with E-state index < -0.39 is 4.92 Å². The van der Waals surface area contributed by atoms with Crippen LogP contribution in [0.15, 0.2) is 54.6 Å². The number of amides is 1. The van der Waals surface area contributed by atoms with Crippen molar-refractivity contribution in [2.24, 2.45) is 0 Å². The Morgan fingerprint density at radius 3 is 2.66 bits per heavy atom. The van der Waals surface area contributed by atoms with Crippen LogP contribution in [0, 0.1) is 30.9 Å². The van der Waals surface area contributed by atoms with Crippen molar-refractivity contribution in [2.45, 2.75) is 27.3 Å². The Kier molecular flexibility index (Phi) is 5.87. The van der Waals surface area contributed by atoms with Gasteiger partial charge in [-0.05, 0) is 38.0 Å². The predicted octanol–water partition coefficient (Wildman–Crippen LogP) is 4.42. The first-order valence-electron chi connectivity index (χ1n) is 9.16. The topological polar surface area (TPSA) is 90.1 Å². The van der Waals surface area contributed by atoms with Gasteiger partial charge in [0.05, 0.1) is 28.5 Å². The molecule has 3 aromatic rings. The highest BCUT2D eigenvalue weighted by molar-refractivity contribution is 6.02. The van der Waals surface area contributed by atoms with E-state index in [4.69, 9.17) is 0 Å². The number of nitro groups is 1. The van der Waals surface area contributed by atoms with E-state index in [0.29, 0.717) is 17.8 Å². The first kappa shape index (κ1) is 20.0. The second kappa shape index (κ2) is 8.52. The zero-order valence-corrected chi connectivity index (χ0v) is 16.5. The van der Waals surface area contributed by atoms with Gasteiger partial charge in [-0.25, -0.2) is 0 Å². The third-order valence-electron chi connectivity index (χ3n) is 4.55. The number of non-ortho nitro benzene ring substituents is 1. The van der Waals surface area contributed by atoms with Crippen molar-refractivity contribution >= 4 is 23.4 Å². The Morgan fingerprint density at radius 1 is 1.17 bits per heavy atom. The summed E-state index contributed by atoms with van der Waals surface area (Å²) in [6, 6.07) is 14.3. The maximum Gasteiger partial charge on any atom is 0.270 e. The van der Waals surface area contributed by atoms with Crippen molar-refractivity contribution in [2.75, 3.05) is 5.32 Å². The first-order chi connectivity index (χ1) is 13.8. The summed E-state index contributed by atoms with van der Waals surface area (Å²) in [4.78, 5) is 22.7. The van der Waals surface area contributed by atoms with Gasteiger partial charge < -0.3 is 5.32 Å². The molecule has 0 aliphatic heterocycles. The van der Waals surface area contributed by atoms with E-state index in [-0.39, 0.29) is 11.6 Å². The molecule has 148 valence electrons. The molecule has 0 fully saturated rings. The Labute approximate surface area is 168 Å². The number of rotatable bonds is 6. The molecule has 0 aliphatic rings. The summed E-state index contributed by atoms with van der Waals surface area (Å²) < 4.78 is 1.87. The average Bonchev–Trinajstić information content (AvgIpc) is 2.94. The van der Waals surface area contributed by atoms with Crippen molar-refractivity contribution in [1.82, 2.24) is 9.78 Å². The van der Waals surface area contributed by atoms with Crippen molar-refractivity contribution in [3.8, 4) is 0 Å². The molecule has 0 aliphatic carbocycles. The van der Waals surface area contributed by atoms with E-state index in [1.54, 1.807) is 18.2 Å². The number of aryl methyl sites for hydroxylation is 2. The molecule has 0 saturated carbocycles. The van der Waals surface area contributed by atoms with Gasteiger partial charge in [-0.1, -0.05) is 42.0 Å². The SMILES string of the molecule is Cc1cccc(Cn2nc(C)c(NC(=O)/C=C/c3cccc([N+](=O)[O-])c3)c2C)c1. The summed E-state index contributed by atoms with van der Waals surface area (Å²) in [6.07, 6.45) is 2.90. The van der Waals surface area contributed by atoms with E-state index >= 15 is 0 Å². The van der Waals surface area contributed by atoms with Crippen LogP contribution in [0.4, 0.5) is 11.4 Å². The smallest absolute Gasteiger partial charge is 0.270 e.